The predicted octanol–water partition coefficient (Wildman–Crippen LogP) is 2.28. The van der Waals surface area contributed by atoms with Gasteiger partial charge in [-0.05, 0) is 29.5 Å². The summed E-state index contributed by atoms with van der Waals surface area (Å²) in [7, 11) is -1.68. The van der Waals surface area contributed by atoms with E-state index in [1.165, 1.54) is 16.9 Å². The van der Waals surface area contributed by atoms with Gasteiger partial charge in [0.1, 0.15) is 4.21 Å². The molecule has 1 aromatic heterocycles. The number of halogens is 1. The molecule has 2 N–H and O–H groups in total. The topological polar surface area (TPSA) is 73.8 Å². The summed E-state index contributed by atoms with van der Waals surface area (Å²) < 4.78 is 27.0. The van der Waals surface area contributed by atoms with E-state index in [0.717, 1.165) is 24.6 Å². The summed E-state index contributed by atoms with van der Waals surface area (Å²) in [5.41, 5.74) is 2.46. The number of hydrogen-bond donors (Lipinski definition) is 2. The first kappa shape index (κ1) is 20.1. The van der Waals surface area contributed by atoms with E-state index in [4.69, 9.17) is 0 Å². The highest BCUT2D eigenvalue weighted by molar-refractivity contribution is 14.0. The quantitative estimate of drug-likeness (QED) is 0.291. The van der Waals surface area contributed by atoms with Gasteiger partial charge in [0, 0.05) is 32.4 Å². The summed E-state index contributed by atoms with van der Waals surface area (Å²) in [5, 5.41) is 4.97. The summed E-state index contributed by atoms with van der Waals surface area (Å²) in [4.78, 5) is 6.44. The van der Waals surface area contributed by atoms with Crippen molar-refractivity contribution in [1.82, 2.24) is 10.0 Å². The smallest absolute Gasteiger partial charge is 0.250 e. The van der Waals surface area contributed by atoms with Crippen LogP contribution in [-0.2, 0) is 16.4 Å². The normalized spacial score (nSPS) is 14.1. The summed E-state index contributed by atoms with van der Waals surface area (Å²) in [6.45, 7) is 1.64. The second kappa shape index (κ2) is 8.97. The Hall–Kier alpha value is -1.17. The zero-order chi connectivity index (χ0) is 17.0. The number of fused-ring (bicyclic) bond motifs is 1. The molecule has 0 saturated carbocycles. The van der Waals surface area contributed by atoms with Crippen LogP contribution in [-0.4, -0.2) is 41.1 Å². The summed E-state index contributed by atoms with van der Waals surface area (Å²) in [5.74, 6) is 0.760. The van der Waals surface area contributed by atoms with Gasteiger partial charge in [-0.25, -0.2) is 13.1 Å². The number of rotatable bonds is 5. The lowest BCUT2D eigenvalue weighted by atomic mass is 10.2. The molecule has 0 saturated heterocycles. The SMILES string of the molecule is CN=C(NCCNS(=O)(=O)c1cccs1)N1CCc2ccccc21.I. The monoisotopic (exact) mass is 492 g/mol. The number of nitrogens with zero attached hydrogens (tertiary/aromatic N) is 2. The molecule has 136 valence electrons. The summed E-state index contributed by atoms with van der Waals surface area (Å²) in [6.07, 6.45) is 0.988. The molecule has 0 atom stereocenters. The van der Waals surface area contributed by atoms with E-state index < -0.39 is 10.0 Å². The first-order valence-electron chi connectivity index (χ1n) is 7.71. The van der Waals surface area contributed by atoms with Gasteiger partial charge in [0.25, 0.3) is 0 Å². The van der Waals surface area contributed by atoms with Crippen molar-refractivity contribution < 1.29 is 8.42 Å². The Labute approximate surface area is 169 Å². The third kappa shape index (κ3) is 4.72. The maximum Gasteiger partial charge on any atom is 0.250 e. The van der Waals surface area contributed by atoms with Gasteiger partial charge in [-0.2, -0.15) is 0 Å². The van der Waals surface area contributed by atoms with Crippen molar-refractivity contribution in [2.24, 2.45) is 4.99 Å². The molecule has 3 rings (SSSR count). The first-order valence-corrected chi connectivity index (χ1v) is 10.1. The molecule has 2 aromatic rings. The van der Waals surface area contributed by atoms with Crippen molar-refractivity contribution >= 4 is 57.0 Å². The van der Waals surface area contributed by atoms with Crippen LogP contribution in [0.15, 0.2) is 51.0 Å². The van der Waals surface area contributed by atoms with Gasteiger partial charge in [0.05, 0.1) is 0 Å². The molecule has 0 amide bonds. The van der Waals surface area contributed by atoms with Crippen LogP contribution in [0, 0.1) is 0 Å². The zero-order valence-corrected chi connectivity index (χ0v) is 17.8. The van der Waals surface area contributed by atoms with Crippen molar-refractivity contribution in [3.63, 3.8) is 0 Å². The Morgan fingerprint density at radius 3 is 2.76 bits per heavy atom. The molecule has 2 heterocycles. The van der Waals surface area contributed by atoms with Crippen LogP contribution in [0.25, 0.3) is 0 Å². The molecule has 0 spiro atoms. The Balaban J connectivity index is 0.00000225. The van der Waals surface area contributed by atoms with Gasteiger partial charge in [0.2, 0.25) is 10.0 Å². The fourth-order valence-electron chi connectivity index (χ4n) is 2.70. The Kier molecular flexibility index (Phi) is 7.23. The third-order valence-corrected chi connectivity index (χ3v) is 6.67. The molecule has 1 aromatic carbocycles. The van der Waals surface area contributed by atoms with Crippen molar-refractivity contribution in [3.05, 3.63) is 47.3 Å². The number of aliphatic imine (C=N–C) groups is 1. The molecule has 0 radical (unpaired) electrons. The molecule has 0 bridgehead atoms. The molecule has 25 heavy (non-hydrogen) atoms. The van der Waals surface area contributed by atoms with Gasteiger partial charge >= 0.3 is 0 Å². The number of para-hydroxylation sites is 1. The van der Waals surface area contributed by atoms with Crippen LogP contribution in [0.1, 0.15) is 5.56 Å². The molecule has 6 nitrogen and oxygen atoms in total. The van der Waals surface area contributed by atoms with Crippen molar-refractivity contribution in [3.8, 4) is 0 Å². The van der Waals surface area contributed by atoms with Crippen molar-refractivity contribution in [1.29, 1.82) is 0 Å². The average molecular weight is 492 g/mol. The lowest BCUT2D eigenvalue weighted by Crippen LogP contribution is -2.43. The van der Waals surface area contributed by atoms with E-state index in [1.807, 2.05) is 12.1 Å². The van der Waals surface area contributed by atoms with Crippen LogP contribution >= 0.6 is 35.3 Å². The van der Waals surface area contributed by atoms with Gasteiger partial charge < -0.3 is 10.2 Å². The number of nitrogens with one attached hydrogen (secondary N) is 2. The van der Waals surface area contributed by atoms with Crippen LogP contribution < -0.4 is 14.9 Å². The molecular formula is C16H21IN4O2S2. The van der Waals surface area contributed by atoms with E-state index in [2.05, 4.69) is 32.1 Å². The third-order valence-electron chi connectivity index (χ3n) is 3.81. The van der Waals surface area contributed by atoms with Crippen LogP contribution in [0.2, 0.25) is 0 Å². The van der Waals surface area contributed by atoms with Crippen molar-refractivity contribution in [2.45, 2.75) is 10.6 Å². The maximum atomic E-state index is 12.1. The Morgan fingerprint density at radius 2 is 2.04 bits per heavy atom. The molecular weight excluding hydrogens is 471 g/mol. The van der Waals surface area contributed by atoms with Gasteiger partial charge in [-0.15, -0.1) is 35.3 Å². The highest BCUT2D eigenvalue weighted by Gasteiger charge is 2.22. The van der Waals surface area contributed by atoms with E-state index in [0.29, 0.717) is 17.3 Å². The average Bonchev–Trinajstić information content (AvgIpc) is 3.25. The van der Waals surface area contributed by atoms with E-state index >= 15 is 0 Å². The standard InChI is InChI=1S/C16H20N4O2S2.HI/c1-17-16(20-11-8-13-5-2-3-6-14(13)20)18-9-10-19-24(21,22)15-7-4-12-23-15;/h2-7,12,19H,8-11H2,1H3,(H,17,18);1H. The van der Waals surface area contributed by atoms with E-state index in [-0.39, 0.29) is 24.0 Å². The minimum Gasteiger partial charge on any atom is -0.355 e. The van der Waals surface area contributed by atoms with Gasteiger partial charge in [-0.1, -0.05) is 24.3 Å². The first-order chi connectivity index (χ1) is 11.6. The molecule has 1 aliphatic rings. The fraction of sp³-hybridized carbons (Fsp3) is 0.312. The Bertz CT molecular complexity index is 822. The highest BCUT2D eigenvalue weighted by atomic mass is 127. The lowest BCUT2D eigenvalue weighted by Gasteiger charge is -2.22. The van der Waals surface area contributed by atoms with E-state index in [9.17, 15) is 8.42 Å². The second-order valence-electron chi connectivity index (χ2n) is 5.33. The molecule has 9 heteroatoms. The molecule has 0 aliphatic carbocycles. The van der Waals surface area contributed by atoms with Gasteiger partial charge in [0.15, 0.2) is 5.96 Å². The van der Waals surface area contributed by atoms with Crippen molar-refractivity contribution in [2.75, 3.05) is 31.6 Å². The van der Waals surface area contributed by atoms with Gasteiger partial charge in [-0.3, -0.25) is 4.99 Å². The second-order valence-corrected chi connectivity index (χ2v) is 8.28. The Morgan fingerprint density at radius 1 is 1.24 bits per heavy atom. The molecule has 0 fully saturated rings. The summed E-state index contributed by atoms with van der Waals surface area (Å²) >= 11 is 1.21. The number of thiophene rings is 1. The largest absolute Gasteiger partial charge is 0.355 e. The minimum atomic E-state index is -3.41. The zero-order valence-electron chi connectivity index (χ0n) is 13.8. The number of sulfonamides is 1. The maximum absolute atomic E-state index is 12.1. The number of anilines is 1. The summed E-state index contributed by atoms with van der Waals surface area (Å²) in [6, 6.07) is 11.6. The van der Waals surface area contributed by atoms with Crippen LogP contribution in [0.5, 0.6) is 0 Å². The number of benzene rings is 1. The highest BCUT2D eigenvalue weighted by Crippen LogP contribution is 2.27. The molecule has 1 aliphatic heterocycles. The number of guanidine groups is 1. The fourth-order valence-corrected chi connectivity index (χ4v) is 4.77. The van der Waals surface area contributed by atoms with Crippen LogP contribution in [0.4, 0.5) is 5.69 Å². The predicted molar refractivity (Wildman–Crippen MR) is 114 cm³/mol. The van der Waals surface area contributed by atoms with Crippen LogP contribution in [0.3, 0.4) is 0 Å². The lowest BCUT2D eigenvalue weighted by molar-refractivity contribution is 0.583. The minimum absolute atomic E-state index is 0. The molecule has 0 unspecified atom stereocenters. The van der Waals surface area contributed by atoms with E-state index in [1.54, 1.807) is 24.6 Å². The number of hydrogen-bond acceptors (Lipinski definition) is 4.